The highest BCUT2D eigenvalue weighted by Crippen LogP contribution is 2.27. The maximum atomic E-state index is 11.8. The average Bonchev–Trinajstić information content (AvgIpc) is 2.98. The van der Waals surface area contributed by atoms with E-state index in [-0.39, 0.29) is 24.9 Å². The first kappa shape index (κ1) is 30.3. The van der Waals surface area contributed by atoms with E-state index in [1.165, 1.54) is 12.5 Å². The van der Waals surface area contributed by atoms with Crippen LogP contribution in [0, 0.1) is 0 Å². The molecule has 1 aliphatic heterocycles. The monoisotopic (exact) mass is 603 g/mol. The van der Waals surface area contributed by atoms with Gasteiger partial charge in [0, 0.05) is 25.2 Å². The smallest absolute Gasteiger partial charge is 0.301 e. The Hall–Kier alpha value is -3.68. The number of allylic oxidation sites excluding steroid dienone is 3. The van der Waals surface area contributed by atoms with Crippen LogP contribution in [-0.2, 0) is 24.8 Å². The van der Waals surface area contributed by atoms with Crippen molar-refractivity contribution in [3.63, 3.8) is 0 Å². The van der Waals surface area contributed by atoms with Crippen LogP contribution in [0.1, 0.15) is 43.7 Å². The van der Waals surface area contributed by atoms with Crippen molar-refractivity contribution < 1.29 is 35.8 Å². The van der Waals surface area contributed by atoms with E-state index in [2.05, 4.69) is 16.3 Å². The van der Waals surface area contributed by atoms with Gasteiger partial charge in [-0.25, -0.2) is 18.1 Å². The molecule has 4 rings (SSSR count). The number of carbonyl (C=O) groups excluding carboxylic acids is 1. The van der Waals surface area contributed by atoms with Crippen molar-refractivity contribution in [1.29, 1.82) is 0 Å². The molecule has 2 aliphatic rings. The van der Waals surface area contributed by atoms with Crippen LogP contribution in [0.15, 0.2) is 78.7 Å². The highest BCUT2D eigenvalue weighted by atomic mass is 32.2. The number of amides is 1. The number of pyridine rings is 1. The fourth-order valence-electron chi connectivity index (χ4n) is 4.22. The molecule has 0 saturated carbocycles. The summed E-state index contributed by atoms with van der Waals surface area (Å²) in [5.41, 5.74) is 1.47. The Balaban J connectivity index is 1.28. The molecule has 2 heterocycles. The molecule has 1 aliphatic carbocycles. The fourth-order valence-corrected chi connectivity index (χ4v) is 5.90. The minimum atomic E-state index is -3.85. The number of benzene rings is 1. The zero-order valence-corrected chi connectivity index (χ0v) is 24.2. The van der Waals surface area contributed by atoms with Crippen LogP contribution in [0.4, 0.5) is 0 Å². The molecule has 2 N–H and O–H groups in total. The summed E-state index contributed by atoms with van der Waals surface area (Å²) in [5.74, 6) is 1.64. The molecular formula is C28H33N3O8S2. The zero-order valence-electron chi connectivity index (χ0n) is 22.6. The van der Waals surface area contributed by atoms with Crippen LogP contribution >= 0.6 is 0 Å². The maximum Gasteiger partial charge on any atom is 0.301 e. The van der Waals surface area contributed by atoms with E-state index in [4.69, 9.17) is 14.2 Å². The highest BCUT2D eigenvalue weighted by Gasteiger charge is 2.29. The van der Waals surface area contributed by atoms with Gasteiger partial charge in [0.05, 0.1) is 24.6 Å². The van der Waals surface area contributed by atoms with Gasteiger partial charge in [-0.1, -0.05) is 30.9 Å². The third-order valence-corrected chi connectivity index (χ3v) is 8.39. The van der Waals surface area contributed by atoms with Crippen LogP contribution in [0.25, 0.3) is 0 Å². The van der Waals surface area contributed by atoms with Gasteiger partial charge in [-0.05, 0) is 54.7 Å². The second-order valence-electron chi connectivity index (χ2n) is 9.82. The third-order valence-electron chi connectivity index (χ3n) is 6.27. The first-order chi connectivity index (χ1) is 19.5. The van der Waals surface area contributed by atoms with Crippen LogP contribution in [-0.4, -0.2) is 52.4 Å². The van der Waals surface area contributed by atoms with Gasteiger partial charge in [0.15, 0.2) is 0 Å². The van der Waals surface area contributed by atoms with E-state index in [1.54, 1.807) is 36.4 Å². The summed E-state index contributed by atoms with van der Waals surface area (Å²) >= 11 is 0. The van der Waals surface area contributed by atoms with E-state index in [9.17, 15) is 21.6 Å². The summed E-state index contributed by atoms with van der Waals surface area (Å²) in [4.78, 5) is 15.9. The fraction of sp³-hybridized carbons (Fsp3) is 0.357. The van der Waals surface area contributed by atoms with Crippen LogP contribution in [0.5, 0.6) is 17.4 Å². The molecule has 1 aromatic carbocycles. The number of nitrogens with one attached hydrogen (secondary N) is 2. The molecule has 11 nitrogen and oxygen atoms in total. The SMILES string of the molecule is C=C1CC[C@@H](Oc2ccc(C3CC(=O)NS(=O)(=O)N3)cc2)C/C=C\C=C/1Oc1ccc(OCCCS(C)(=O)=O)nc1. The average molecular weight is 604 g/mol. The number of aromatic nitrogens is 1. The summed E-state index contributed by atoms with van der Waals surface area (Å²) in [6, 6.07) is 9.78. The molecule has 0 radical (unpaired) electrons. The molecule has 41 heavy (non-hydrogen) atoms. The molecule has 0 spiro atoms. The summed E-state index contributed by atoms with van der Waals surface area (Å²) in [6.45, 7) is 4.43. The molecule has 1 unspecified atom stereocenters. The van der Waals surface area contributed by atoms with E-state index < -0.39 is 32.0 Å². The predicted molar refractivity (Wildman–Crippen MR) is 153 cm³/mol. The Morgan fingerprint density at radius 2 is 1.88 bits per heavy atom. The lowest BCUT2D eigenvalue weighted by molar-refractivity contribution is -0.120. The molecule has 1 saturated heterocycles. The standard InChI is InChI=1S/C28H33N3O8S2/c1-20-8-11-22(38-23-12-9-21(10-13-23)25-18-27(32)31-41(35,36)30-25)6-3-4-7-26(20)39-24-14-15-28(29-19-24)37-16-5-17-40(2,33)34/h3-4,7,9-10,12-15,19,22,25,30H,1,5-6,8,11,16-18H2,2H3,(H,31,32)/b4-3-,26-7+/t22-,25?/m0/s1. The Kier molecular flexibility index (Phi) is 9.84. The van der Waals surface area contributed by atoms with Gasteiger partial charge in [-0.2, -0.15) is 13.1 Å². The van der Waals surface area contributed by atoms with Crippen molar-refractivity contribution in [3.05, 3.63) is 84.3 Å². The second-order valence-corrected chi connectivity index (χ2v) is 13.5. The van der Waals surface area contributed by atoms with Crippen molar-refractivity contribution in [2.45, 2.75) is 44.2 Å². The molecule has 13 heteroatoms. The molecule has 220 valence electrons. The number of nitrogens with zero attached hydrogens (tertiary/aromatic N) is 1. The van der Waals surface area contributed by atoms with Crippen LogP contribution in [0.3, 0.4) is 0 Å². The summed E-state index contributed by atoms with van der Waals surface area (Å²) in [7, 11) is -6.87. The van der Waals surface area contributed by atoms with Gasteiger partial charge >= 0.3 is 10.2 Å². The Bertz CT molecular complexity index is 1520. The first-order valence-corrected chi connectivity index (χ1v) is 16.6. The minimum absolute atomic E-state index is 0.0215. The van der Waals surface area contributed by atoms with E-state index in [1.807, 2.05) is 23.0 Å². The third kappa shape index (κ3) is 9.73. The number of hydrogen-bond acceptors (Lipinski definition) is 9. The summed E-state index contributed by atoms with van der Waals surface area (Å²) < 4.78 is 68.1. The van der Waals surface area contributed by atoms with Crippen LogP contribution < -0.4 is 23.7 Å². The van der Waals surface area contributed by atoms with Crippen molar-refractivity contribution in [2.75, 3.05) is 18.6 Å². The van der Waals surface area contributed by atoms with Crippen molar-refractivity contribution in [1.82, 2.24) is 14.4 Å². The highest BCUT2D eigenvalue weighted by molar-refractivity contribution is 7.90. The van der Waals surface area contributed by atoms with Crippen LogP contribution in [0.2, 0.25) is 0 Å². The Morgan fingerprint density at radius 3 is 2.56 bits per heavy atom. The molecule has 0 bridgehead atoms. The Morgan fingerprint density at radius 1 is 1.12 bits per heavy atom. The molecule has 1 amide bonds. The van der Waals surface area contributed by atoms with Crippen molar-refractivity contribution in [3.8, 4) is 17.4 Å². The quantitative estimate of drug-likeness (QED) is 0.390. The van der Waals surface area contributed by atoms with Gasteiger partial charge in [0.1, 0.15) is 33.2 Å². The lowest BCUT2D eigenvalue weighted by atomic mass is 10.0. The number of ether oxygens (including phenoxy) is 3. The van der Waals surface area contributed by atoms with E-state index in [0.717, 1.165) is 5.57 Å². The normalized spacial score (nSPS) is 23.1. The van der Waals surface area contributed by atoms with Crippen molar-refractivity contribution in [2.24, 2.45) is 0 Å². The minimum Gasteiger partial charge on any atom is -0.490 e. The lowest BCUT2D eigenvalue weighted by Gasteiger charge is -2.24. The van der Waals surface area contributed by atoms with Gasteiger partial charge < -0.3 is 14.2 Å². The van der Waals surface area contributed by atoms with E-state index in [0.29, 0.717) is 54.4 Å². The number of hydrogen-bond donors (Lipinski definition) is 2. The molecule has 1 fully saturated rings. The van der Waals surface area contributed by atoms with Gasteiger partial charge in [0.2, 0.25) is 11.8 Å². The molecule has 1 aromatic heterocycles. The summed E-state index contributed by atoms with van der Waals surface area (Å²) in [6.07, 6.45) is 10.7. The molecular weight excluding hydrogens is 570 g/mol. The van der Waals surface area contributed by atoms with Gasteiger partial charge in [-0.15, -0.1) is 0 Å². The van der Waals surface area contributed by atoms with Gasteiger partial charge in [-0.3, -0.25) is 4.79 Å². The molecule has 2 atom stereocenters. The number of carbonyl (C=O) groups is 1. The van der Waals surface area contributed by atoms with Crippen molar-refractivity contribution >= 4 is 26.0 Å². The zero-order chi connectivity index (χ0) is 29.5. The predicted octanol–water partition coefficient (Wildman–Crippen LogP) is 3.30. The maximum absolute atomic E-state index is 11.8. The summed E-state index contributed by atoms with van der Waals surface area (Å²) in [5, 5.41) is 0. The Labute approximate surface area is 240 Å². The number of sulfone groups is 1. The largest absolute Gasteiger partial charge is 0.490 e. The lowest BCUT2D eigenvalue weighted by Crippen LogP contribution is -2.48. The molecule has 2 aromatic rings. The van der Waals surface area contributed by atoms with E-state index >= 15 is 0 Å². The van der Waals surface area contributed by atoms with Gasteiger partial charge in [0.25, 0.3) is 0 Å². The second kappa shape index (κ2) is 13.3. The first-order valence-electron chi connectivity index (χ1n) is 13.0. The number of rotatable bonds is 10. The topological polar surface area (TPSA) is 150 Å².